The Kier molecular flexibility index (Phi) is 5.00. The van der Waals surface area contributed by atoms with Gasteiger partial charge in [0.1, 0.15) is 0 Å². The van der Waals surface area contributed by atoms with Crippen molar-refractivity contribution in [3.05, 3.63) is 58.4 Å². The number of hydrogen-bond donors (Lipinski definition) is 0. The Morgan fingerprint density at radius 3 is 2.63 bits per heavy atom. The first-order valence-corrected chi connectivity index (χ1v) is 10.0. The van der Waals surface area contributed by atoms with Crippen LogP contribution in [-0.4, -0.2) is 23.2 Å². The molecule has 1 saturated carbocycles. The first-order valence-electron chi connectivity index (χ1n) is 9.63. The molecule has 2 aliphatic rings. The zero-order chi connectivity index (χ0) is 19.0. The highest BCUT2D eigenvalue weighted by molar-refractivity contribution is 6.30. The van der Waals surface area contributed by atoms with E-state index in [0.29, 0.717) is 17.0 Å². The maximum absolute atomic E-state index is 12.5. The van der Waals surface area contributed by atoms with Crippen molar-refractivity contribution in [2.45, 2.75) is 44.9 Å². The van der Waals surface area contributed by atoms with E-state index in [2.05, 4.69) is 0 Å². The summed E-state index contributed by atoms with van der Waals surface area (Å²) in [6.07, 6.45) is 4.26. The van der Waals surface area contributed by atoms with E-state index in [0.717, 1.165) is 49.3 Å². The SMILES string of the molecule is CC(CC(=O)c1ccc(Cl)cc1)c1ccc2c(n1)CCCN2C(=O)C1CC1. The summed E-state index contributed by atoms with van der Waals surface area (Å²) in [6.45, 7) is 2.81. The first-order chi connectivity index (χ1) is 13.0. The molecule has 5 heteroatoms. The maximum Gasteiger partial charge on any atom is 0.230 e. The van der Waals surface area contributed by atoms with Crippen LogP contribution in [0.5, 0.6) is 0 Å². The first kappa shape index (κ1) is 18.2. The number of rotatable bonds is 5. The standard InChI is InChI=1S/C22H23ClN2O2/c1-14(13-21(26)15-6-8-17(23)9-7-15)18-10-11-20-19(24-18)3-2-12-25(20)22(27)16-4-5-16/h6-11,14,16H,2-5,12-13H2,1H3. The number of Topliss-reactive ketones (excluding diaryl/α,β-unsaturated/α-hetero) is 1. The fourth-order valence-electron chi connectivity index (χ4n) is 3.66. The molecule has 4 rings (SSSR count). The van der Waals surface area contributed by atoms with Crippen molar-refractivity contribution < 1.29 is 9.59 Å². The molecule has 2 heterocycles. The third-order valence-electron chi connectivity index (χ3n) is 5.41. The number of anilines is 1. The number of hydrogen-bond acceptors (Lipinski definition) is 3. The lowest BCUT2D eigenvalue weighted by molar-refractivity contribution is -0.119. The predicted octanol–water partition coefficient (Wildman–Crippen LogP) is 4.80. The molecule has 1 unspecified atom stereocenters. The number of nitrogens with zero attached hydrogens (tertiary/aromatic N) is 2. The Hall–Kier alpha value is -2.20. The molecule has 0 radical (unpaired) electrons. The lowest BCUT2D eigenvalue weighted by Gasteiger charge is -2.29. The van der Waals surface area contributed by atoms with Gasteiger partial charge in [0, 0.05) is 41.1 Å². The van der Waals surface area contributed by atoms with Crippen molar-refractivity contribution in [1.29, 1.82) is 0 Å². The highest BCUT2D eigenvalue weighted by Gasteiger charge is 2.36. The van der Waals surface area contributed by atoms with Crippen LogP contribution in [-0.2, 0) is 11.2 Å². The second-order valence-corrected chi connectivity index (χ2v) is 8.04. The molecule has 1 aliphatic carbocycles. The minimum atomic E-state index is 0.0213. The Morgan fingerprint density at radius 1 is 1.19 bits per heavy atom. The van der Waals surface area contributed by atoms with Crippen LogP contribution in [0.1, 0.15) is 60.3 Å². The third-order valence-corrected chi connectivity index (χ3v) is 5.67. The van der Waals surface area contributed by atoms with Crippen LogP contribution in [0.2, 0.25) is 5.02 Å². The molecule has 0 saturated heterocycles. The summed E-state index contributed by atoms with van der Waals surface area (Å²) in [7, 11) is 0. The average molecular weight is 383 g/mol. The number of fused-ring (bicyclic) bond motifs is 1. The number of aryl methyl sites for hydroxylation is 1. The maximum atomic E-state index is 12.5. The van der Waals surface area contributed by atoms with Gasteiger partial charge in [-0.2, -0.15) is 0 Å². The summed E-state index contributed by atoms with van der Waals surface area (Å²) in [5.74, 6) is 0.570. The number of carbonyl (C=O) groups is 2. The van der Waals surface area contributed by atoms with Crippen molar-refractivity contribution in [2.24, 2.45) is 5.92 Å². The summed E-state index contributed by atoms with van der Waals surface area (Å²) in [5, 5.41) is 0.626. The van der Waals surface area contributed by atoms with E-state index in [1.54, 1.807) is 24.3 Å². The fraction of sp³-hybridized carbons (Fsp3) is 0.409. The summed E-state index contributed by atoms with van der Waals surface area (Å²) in [6, 6.07) is 11.0. The van der Waals surface area contributed by atoms with Gasteiger partial charge in [-0.15, -0.1) is 0 Å². The van der Waals surface area contributed by atoms with E-state index >= 15 is 0 Å². The Bertz CT molecular complexity index is 874. The van der Waals surface area contributed by atoms with Crippen molar-refractivity contribution in [1.82, 2.24) is 4.98 Å². The lowest BCUT2D eigenvalue weighted by Crippen LogP contribution is -2.37. The van der Waals surface area contributed by atoms with Gasteiger partial charge in [0.15, 0.2) is 5.78 Å². The van der Waals surface area contributed by atoms with Crippen LogP contribution in [0, 0.1) is 5.92 Å². The van der Waals surface area contributed by atoms with E-state index < -0.39 is 0 Å². The molecular weight excluding hydrogens is 360 g/mol. The number of halogens is 1. The molecule has 27 heavy (non-hydrogen) atoms. The third kappa shape index (κ3) is 3.91. The second-order valence-electron chi connectivity index (χ2n) is 7.60. The molecule has 2 aromatic rings. The highest BCUT2D eigenvalue weighted by Crippen LogP contribution is 2.36. The zero-order valence-corrected chi connectivity index (χ0v) is 16.2. The number of amides is 1. The lowest BCUT2D eigenvalue weighted by atomic mass is 9.95. The van der Waals surface area contributed by atoms with Gasteiger partial charge < -0.3 is 4.90 Å². The molecule has 1 amide bonds. The molecule has 0 spiro atoms. The molecule has 0 bridgehead atoms. The Morgan fingerprint density at radius 2 is 1.93 bits per heavy atom. The van der Waals surface area contributed by atoms with Gasteiger partial charge in [-0.25, -0.2) is 0 Å². The van der Waals surface area contributed by atoms with Gasteiger partial charge in [0.25, 0.3) is 0 Å². The average Bonchev–Trinajstić information content (AvgIpc) is 3.52. The van der Waals surface area contributed by atoms with E-state index in [4.69, 9.17) is 16.6 Å². The Balaban J connectivity index is 1.50. The monoisotopic (exact) mass is 382 g/mol. The molecule has 1 aromatic carbocycles. The van der Waals surface area contributed by atoms with Crippen molar-refractivity contribution in [2.75, 3.05) is 11.4 Å². The van der Waals surface area contributed by atoms with Gasteiger partial charge in [0.05, 0.1) is 11.4 Å². The zero-order valence-electron chi connectivity index (χ0n) is 15.5. The van der Waals surface area contributed by atoms with Crippen molar-refractivity contribution in [3.8, 4) is 0 Å². The Labute approximate surface area is 164 Å². The van der Waals surface area contributed by atoms with Crippen molar-refractivity contribution in [3.63, 3.8) is 0 Å². The van der Waals surface area contributed by atoms with E-state index in [9.17, 15) is 9.59 Å². The van der Waals surface area contributed by atoms with Crippen molar-refractivity contribution >= 4 is 29.0 Å². The topological polar surface area (TPSA) is 50.3 Å². The molecule has 0 N–H and O–H groups in total. The van der Waals surface area contributed by atoms with Gasteiger partial charge in [-0.3, -0.25) is 14.6 Å². The van der Waals surface area contributed by atoms with Gasteiger partial charge >= 0.3 is 0 Å². The van der Waals surface area contributed by atoms with Gasteiger partial charge in [-0.05, 0) is 62.1 Å². The fourth-order valence-corrected chi connectivity index (χ4v) is 3.78. The second kappa shape index (κ2) is 7.43. The number of pyridine rings is 1. The summed E-state index contributed by atoms with van der Waals surface area (Å²) < 4.78 is 0. The largest absolute Gasteiger partial charge is 0.310 e. The molecule has 1 atom stereocenters. The van der Waals surface area contributed by atoms with Crippen LogP contribution in [0.3, 0.4) is 0 Å². The van der Waals surface area contributed by atoms with Gasteiger partial charge in [-0.1, -0.05) is 18.5 Å². The summed E-state index contributed by atoms with van der Waals surface area (Å²) in [4.78, 5) is 31.8. The van der Waals surface area contributed by atoms with Crippen LogP contribution in [0.15, 0.2) is 36.4 Å². The normalized spacial score (nSPS) is 17.3. The molecule has 1 fully saturated rings. The van der Waals surface area contributed by atoms with E-state index in [1.165, 1.54) is 0 Å². The minimum absolute atomic E-state index is 0.0213. The number of carbonyl (C=O) groups excluding carboxylic acids is 2. The molecule has 140 valence electrons. The quantitative estimate of drug-likeness (QED) is 0.698. The van der Waals surface area contributed by atoms with E-state index in [1.807, 2.05) is 24.0 Å². The molecule has 4 nitrogen and oxygen atoms in total. The number of aromatic nitrogens is 1. The predicted molar refractivity (Wildman–Crippen MR) is 106 cm³/mol. The van der Waals surface area contributed by atoms with Gasteiger partial charge in [0.2, 0.25) is 5.91 Å². The highest BCUT2D eigenvalue weighted by atomic mass is 35.5. The van der Waals surface area contributed by atoms with Crippen LogP contribution < -0.4 is 4.90 Å². The minimum Gasteiger partial charge on any atom is -0.310 e. The number of ketones is 1. The molecule has 1 aromatic heterocycles. The summed E-state index contributed by atoms with van der Waals surface area (Å²) >= 11 is 5.89. The van der Waals surface area contributed by atoms with Crippen LogP contribution in [0.4, 0.5) is 5.69 Å². The summed E-state index contributed by atoms with van der Waals surface area (Å²) in [5.41, 5.74) is 3.53. The van der Waals surface area contributed by atoms with Crippen LogP contribution in [0.25, 0.3) is 0 Å². The molecular formula is C22H23ClN2O2. The molecule has 1 aliphatic heterocycles. The van der Waals surface area contributed by atoms with E-state index in [-0.39, 0.29) is 23.5 Å². The van der Waals surface area contributed by atoms with Crippen LogP contribution >= 0.6 is 11.6 Å². The number of benzene rings is 1. The smallest absolute Gasteiger partial charge is 0.230 e.